The molecule has 1 saturated heterocycles. The van der Waals surface area contributed by atoms with E-state index in [9.17, 15) is 10.1 Å². The fraction of sp³-hybridized carbons (Fsp3) is 0.600. The zero-order valence-corrected chi connectivity index (χ0v) is 12.4. The van der Waals surface area contributed by atoms with E-state index in [1.54, 1.807) is 18.2 Å². The van der Waals surface area contributed by atoms with Crippen molar-refractivity contribution in [3.8, 4) is 0 Å². The number of nitrogens with one attached hydrogen (secondary N) is 2. The van der Waals surface area contributed by atoms with E-state index in [1.807, 2.05) is 6.92 Å². The lowest BCUT2D eigenvalue weighted by Gasteiger charge is -2.39. The maximum atomic E-state index is 10.8. The van der Waals surface area contributed by atoms with Gasteiger partial charge in [-0.25, -0.2) is 0 Å². The van der Waals surface area contributed by atoms with E-state index in [4.69, 9.17) is 0 Å². The van der Waals surface area contributed by atoms with Crippen LogP contribution in [0, 0.1) is 22.5 Å². The van der Waals surface area contributed by atoms with Crippen molar-refractivity contribution < 1.29 is 4.92 Å². The minimum Gasteiger partial charge on any atom is -0.383 e. The summed E-state index contributed by atoms with van der Waals surface area (Å²) in [5, 5.41) is 17.7. The molecular weight excluding hydrogens is 254 g/mol. The third-order valence-electron chi connectivity index (χ3n) is 4.26. The van der Waals surface area contributed by atoms with Gasteiger partial charge in [-0.15, -0.1) is 0 Å². The van der Waals surface area contributed by atoms with Gasteiger partial charge in [0, 0.05) is 30.4 Å². The molecular formula is C15H23N3O2. The number of nitrogens with zero attached hydrogens (tertiary/aromatic N) is 1. The minimum atomic E-state index is -0.354. The Labute approximate surface area is 119 Å². The highest BCUT2D eigenvalue weighted by Crippen LogP contribution is 2.30. The third-order valence-corrected chi connectivity index (χ3v) is 4.26. The maximum Gasteiger partial charge on any atom is 0.271 e. The van der Waals surface area contributed by atoms with Crippen LogP contribution in [0.3, 0.4) is 0 Å². The number of anilines is 1. The number of aryl methyl sites for hydroxylation is 1. The number of hydrogen-bond acceptors (Lipinski definition) is 4. The van der Waals surface area contributed by atoms with Crippen molar-refractivity contribution in [1.82, 2.24) is 5.32 Å². The van der Waals surface area contributed by atoms with E-state index >= 15 is 0 Å². The Morgan fingerprint density at radius 1 is 1.50 bits per heavy atom. The molecule has 1 unspecified atom stereocenters. The first-order valence-electron chi connectivity index (χ1n) is 7.12. The molecule has 20 heavy (non-hydrogen) atoms. The predicted octanol–water partition coefficient (Wildman–Crippen LogP) is 3.09. The number of benzene rings is 1. The molecule has 110 valence electrons. The van der Waals surface area contributed by atoms with Gasteiger partial charge in [-0.2, -0.15) is 0 Å². The molecule has 1 aromatic rings. The molecule has 0 amide bonds. The highest BCUT2D eigenvalue weighted by Gasteiger charge is 2.31. The number of hydrogen-bond donors (Lipinski definition) is 2. The second-order valence-corrected chi connectivity index (χ2v) is 6.24. The quantitative estimate of drug-likeness (QED) is 0.655. The third kappa shape index (κ3) is 3.28. The number of piperidine rings is 1. The van der Waals surface area contributed by atoms with Crippen molar-refractivity contribution in [3.05, 3.63) is 33.9 Å². The Morgan fingerprint density at radius 2 is 2.25 bits per heavy atom. The van der Waals surface area contributed by atoms with Gasteiger partial charge in [-0.05, 0) is 37.3 Å². The Kier molecular flexibility index (Phi) is 4.28. The maximum absolute atomic E-state index is 10.8. The van der Waals surface area contributed by atoms with Crippen molar-refractivity contribution in [3.63, 3.8) is 0 Å². The molecule has 0 aromatic heterocycles. The van der Waals surface area contributed by atoms with Gasteiger partial charge in [-0.1, -0.05) is 19.9 Å². The first-order chi connectivity index (χ1) is 9.40. The molecule has 1 aliphatic rings. The van der Waals surface area contributed by atoms with E-state index in [-0.39, 0.29) is 16.0 Å². The first kappa shape index (κ1) is 14.8. The molecule has 0 saturated carbocycles. The van der Waals surface area contributed by atoms with Crippen LogP contribution in [0.25, 0.3) is 0 Å². The topological polar surface area (TPSA) is 67.2 Å². The van der Waals surface area contributed by atoms with Crippen LogP contribution >= 0.6 is 0 Å². The Bertz CT molecular complexity index is 500. The number of nitro benzene ring substituents is 1. The van der Waals surface area contributed by atoms with Crippen molar-refractivity contribution in [2.24, 2.45) is 5.41 Å². The summed E-state index contributed by atoms with van der Waals surface area (Å²) in [6.07, 6.45) is 2.42. The van der Waals surface area contributed by atoms with Crippen molar-refractivity contribution in [2.45, 2.75) is 39.7 Å². The number of non-ortho nitro benzene ring substituents is 1. The van der Waals surface area contributed by atoms with E-state index in [0.717, 1.165) is 24.3 Å². The first-order valence-corrected chi connectivity index (χ1v) is 7.12. The lowest BCUT2D eigenvalue weighted by Crippen LogP contribution is -2.50. The Hall–Kier alpha value is -1.62. The molecule has 0 bridgehead atoms. The SMILES string of the molecule is Cc1ccc([N+](=O)[O-])cc1NCC1NCCCC1(C)C. The molecule has 1 aromatic carbocycles. The molecule has 1 atom stereocenters. The average Bonchev–Trinajstić information content (AvgIpc) is 2.38. The van der Waals surface area contributed by atoms with Gasteiger partial charge >= 0.3 is 0 Å². The summed E-state index contributed by atoms with van der Waals surface area (Å²) in [6.45, 7) is 8.34. The molecule has 2 N–H and O–H groups in total. The molecule has 2 rings (SSSR count). The van der Waals surface area contributed by atoms with Crippen LogP contribution in [-0.2, 0) is 0 Å². The lowest BCUT2D eigenvalue weighted by atomic mass is 9.77. The standard InChI is InChI=1S/C15H23N3O2/c1-11-5-6-12(18(19)20)9-13(11)17-10-14-15(2,3)7-4-8-16-14/h5-6,9,14,16-17H,4,7-8,10H2,1-3H3. The van der Waals surface area contributed by atoms with E-state index in [1.165, 1.54) is 12.8 Å². The van der Waals surface area contributed by atoms with E-state index < -0.39 is 0 Å². The van der Waals surface area contributed by atoms with Crippen molar-refractivity contribution >= 4 is 11.4 Å². The molecule has 1 heterocycles. The fourth-order valence-corrected chi connectivity index (χ4v) is 2.75. The largest absolute Gasteiger partial charge is 0.383 e. The van der Waals surface area contributed by atoms with Gasteiger partial charge in [0.25, 0.3) is 5.69 Å². The smallest absolute Gasteiger partial charge is 0.271 e. The lowest BCUT2D eigenvalue weighted by molar-refractivity contribution is -0.384. The van der Waals surface area contributed by atoms with Crippen LogP contribution in [0.4, 0.5) is 11.4 Å². The second kappa shape index (κ2) is 5.79. The normalized spacial score (nSPS) is 21.4. The monoisotopic (exact) mass is 277 g/mol. The van der Waals surface area contributed by atoms with Gasteiger partial charge in [0.2, 0.25) is 0 Å². The summed E-state index contributed by atoms with van der Waals surface area (Å²) in [5.74, 6) is 0. The molecule has 5 nitrogen and oxygen atoms in total. The fourth-order valence-electron chi connectivity index (χ4n) is 2.75. The van der Waals surface area contributed by atoms with Gasteiger partial charge in [0.1, 0.15) is 0 Å². The van der Waals surface area contributed by atoms with Gasteiger partial charge < -0.3 is 10.6 Å². The average molecular weight is 277 g/mol. The molecule has 5 heteroatoms. The highest BCUT2D eigenvalue weighted by atomic mass is 16.6. The summed E-state index contributed by atoms with van der Waals surface area (Å²) in [5.41, 5.74) is 2.26. The van der Waals surface area contributed by atoms with Crippen LogP contribution in [-0.4, -0.2) is 24.1 Å². The molecule has 0 spiro atoms. The van der Waals surface area contributed by atoms with Crippen molar-refractivity contribution in [1.29, 1.82) is 0 Å². The molecule has 0 aliphatic carbocycles. The zero-order valence-electron chi connectivity index (χ0n) is 12.4. The highest BCUT2D eigenvalue weighted by molar-refractivity contribution is 5.56. The number of nitro groups is 1. The van der Waals surface area contributed by atoms with Crippen molar-refractivity contribution in [2.75, 3.05) is 18.4 Å². The summed E-state index contributed by atoms with van der Waals surface area (Å²) < 4.78 is 0. The van der Waals surface area contributed by atoms with Crippen LogP contribution < -0.4 is 10.6 Å². The van der Waals surface area contributed by atoms with E-state index in [2.05, 4.69) is 24.5 Å². The van der Waals surface area contributed by atoms with Crippen LogP contribution in [0.15, 0.2) is 18.2 Å². The summed E-state index contributed by atoms with van der Waals surface area (Å²) in [6, 6.07) is 5.34. The Morgan fingerprint density at radius 3 is 2.90 bits per heavy atom. The van der Waals surface area contributed by atoms with Crippen LogP contribution in [0.1, 0.15) is 32.3 Å². The number of rotatable bonds is 4. The second-order valence-electron chi connectivity index (χ2n) is 6.24. The molecule has 1 aliphatic heterocycles. The minimum absolute atomic E-state index is 0.133. The van der Waals surface area contributed by atoms with Gasteiger partial charge in [0.15, 0.2) is 0 Å². The van der Waals surface area contributed by atoms with Gasteiger partial charge in [0.05, 0.1) is 4.92 Å². The van der Waals surface area contributed by atoms with E-state index in [0.29, 0.717) is 6.04 Å². The summed E-state index contributed by atoms with van der Waals surface area (Å²) in [7, 11) is 0. The van der Waals surface area contributed by atoms with Crippen LogP contribution in [0.5, 0.6) is 0 Å². The van der Waals surface area contributed by atoms with Gasteiger partial charge in [-0.3, -0.25) is 10.1 Å². The zero-order chi connectivity index (χ0) is 14.8. The predicted molar refractivity (Wildman–Crippen MR) is 81.1 cm³/mol. The Balaban J connectivity index is 2.06. The van der Waals surface area contributed by atoms with Crippen LogP contribution in [0.2, 0.25) is 0 Å². The molecule has 1 fully saturated rings. The summed E-state index contributed by atoms with van der Waals surface area (Å²) in [4.78, 5) is 10.5. The molecule has 0 radical (unpaired) electrons. The summed E-state index contributed by atoms with van der Waals surface area (Å²) >= 11 is 0.